The van der Waals surface area contributed by atoms with E-state index in [0.29, 0.717) is 22.4 Å². The van der Waals surface area contributed by atoms with Crippen LogP contribution in [0.3, 0.4) is 0 Å². The number of benzene rings is 3. The van der Waals surface area contributed by atoms with Gasteiger partial charge in [0.1, 0.15) is 0 Å². The highest BCUT2D eigenvalue weighted by atomic mass is 32.2. The predicted octanol–water partition coefficient (Wildman–Crippen LogP) is 5.98. The number of rotatable bonds is 5. The van der Waals surface area contributed by atoms with Crippen LogP contribution in [0.4, 0.5) is 30.2 Å². The summed E-state index contributed by atoms with van der Waals surface area (Å²) in [4.78, 5) is 18.7. The van der Waals surface area contributed by atoms with Gasteiger partial charge in [0, 0.05) is 19.6 Å². The molecule has 0 radical (unpaired) electrons. The minimum atomic E-state index is -4.61. The Morgan fingerprint density at radius 3 is 2.15 bits per heavy atom. The Hall–Kier alpha value is -3.70. The zero-order valence-corrected chi connectivity index (χ0v) is 23.0. The van der Waals surface area contributed by atoms with Crippen molar-refractivity contribution in [1.29, 1.82) is 0 Å². The molecule has 7 nitrogen and oxygen atoms in total. The Morgan fingerprint density at radius 2 is 1.54 bits per heavy atom. The van der Waals surface area contributed by atoms with Crippen molar-refractivity contribution in [3.8, 4) is 11.1 Å². The van der Waals surface area contributed by atoms with Gasteiger partial charge in [0.25, 0.3) is 0 Å². The molecule has 2 N–H and O–H groups in total. The summed E-state index contributed by atoms with van der Waals surface area (Å²) in [6.07, 6.45) is -4.77. The maximum Gasteiger partial charge on any atom is 0.418 e. The quantitative estimate of drug-likeness (QED) is 0.403. The van der Waals surface area contributed by atoms with Crippen molar-refractivity contribution in [2.24, 2.45) is 4.99 Å². The summed E-state index contributed by atoms with van der Waals surface area (Å²) in [5.41, 5.74) is 0.869. The van der Waals surface area contributed by atoms with Crippen molar-refractivity contribution in [2.45, 2.75) is 43.8 Å². The number of halogens is 3. The largest absolute Gasteiger partial charge is 0.418 e. The third-order valence-corrected chi connectivity index (χ3v) is 7.63. The van der Waals surface area contributed by atoms with Crippen LogP contribution in [0.1, 0.15) is 38.3 Å². The maximum atomic E-state index is 13.7. The normalized spacial score (nSPS) is 14.3. The second-order valence-electron chi connectivity index (χ2n) is 10.5. The zero-order chi connectivity index (χ0) is 28.8. The fourth-order valence-electron chi connectivity index (χ4n) is 4.25. The molecule has 0 saturated heterocycles. The lowest BCUT2D eigenvalue weighted by Crippen LogP contribution is -2.40. The van der Waals surface area contributed by atoms with Crippen LogP contribution in [-0.4, -0.2) is 39.7 Å². The number of sulfonamides is 1. The van der Waals surface area contributed by atoms with Crippen LogP contribution in [0.2, 0.25) is 0 Å². The molecule has 3 aromatic carbocycles. The first kappa shape index (κ1) is 28.3. The number of nitrogens with zero attached hydrogens (tertiary/aromatic N) is 2. The van der Waals surface area contributed by atoms with Gasteiger partial charge >= 0.3 is 6.18 Å². The number of aliphatic imine (C=N–C) groups is 1. The highest BCUT2D eigenvalue weighted by Crippen LogP contribution is 2.43. The van der Waals surface area contributed by atoms with Gasteiger partial charge in [-0.15, -0.1) is 0 Å². The van der Waals surface area contributed by atoms with Gasteiger partial charge in [0.2, 0.25) is 15.9 Å². The summed E-state index contributed by atoms with van der Waals surface area (Å²) in [5.74, 6) is -0.495. The number of carbonyl (C=O) groups is 1. The molecule has 0 unspecified atom stereocenters. The van der Waals surface area contributed by atoms with Gasteiger partial charge in [-0.05, 0) is 67.8 Å². The fraction of sp³-hybridized carbons (Fsp3) is 0.286. The first-order chi connectivity index (χ1) is 18.0. The van der Waals surface area contributed by atoms with E-state index in [0.717, 1.165) is 6.07 Å². The number of hydrogen-bond acceptors (Lipinski definition) is 5. The summed E-state index contributed by atoms with van der Waals surface area (Å²) in [7, 11) is -0.749. The summed E-state index contributed by atoms with van der Waals surface area (Å²) >= 11 is 0. The second kappa shape index (κ2) is 10.1. The average molecular weight is 559 g/mol. The Morgan fingerprint density at radius 1 is 0.923 bits per heavy atom. The Kier molecular flexibility index (Phi) is 7.35. The molecule has 3 aromatic rings. The molecule has 0 aromatic heterocycles. The van der Waals surface area contributed by atoms with E-state index in [1.54, 1.807) is 63.2 Å². The molecule has 0 atom stereocenters. The number of alkyl halides is 3. The molecule has 11 heteroatoms. The van der Waals surface area contributed by atoms with Gasteiger partial charge in [-0.25, -0.2) is 13.1 Å². The number of fused-ring (bicyclic) bond motifs is 1. The predicted molar refractivity (Wildman–Crippen MR) is 147 cm³/mol. The van der Waals surface area contributed by atoms with Crippen LogP contribution in [0.25, 0.3) is 11.1 Å². The Balaban J connectivity index is 1.77. The first-order valence-electron chi connectivity index (χ1n) is 12.1. The van der Waals surface area contributed by atoms with E-state index in [-0.39, 0.29) is 28.4 Å². The third-order valence-electron chi connectivity index (χ3n) is 5.87. The maximum absolute atomic E-state index is 13.7. The highest BCUT2D eigenvalue weighted by Gasteiger charge is 2.36. The lowest BCUT2D eigenvalue weighted by molar-refractivity contribution is -0.137. The van der Waals surface area contributed by atoms with E-state index in [9.17, 15) is 26.4 Å². The van der Waals surface area contributed by atoms with Crippen LogP contribution in [0.5, 0.6) is 0 Å². The van der Waals surface area contributed by atoms with Gasteiger partial charge in [0.05, 0.1) is 39.7 Å². The lowest BCUT2D eigenvalue weighted by Gasteiger charge is -2.21. The summed E-state index contributed by atoms with van der Waals surface area (Å²) in [6, 6.07) is 15.8. The molecule has 0 spiro atoms. The number of carbonyl (C=O) groups excluding carboxylic acids is 1. The number of anilines is 2. The van der Waals surface area contributed by atoms with Crippen molar-refractivity contribution in [1.82, 2.24) is 4.72 Å². The Labute approximate surface area is 225 Å². The number of nitrogens with one attached hydrogen (secondary N) is 2. The monoisotopic (exact) mass is 558 g/mol. The van der Waals surface area contributed by atoms with Crippen LogP contribution in [-0.2, 0) is 21.0 Å². The van der Waals surface area contributed by atoms with E-state index in [1.165, 1.54) is 31.1 Å². The van der Waals surface area contributed by atoms with Gasteiger partial charge in [-0.3, -0.25) is 9.79 Å². The topological polar surface area (TPSA) is 90.9 Å². The van der Waals surface area contributed by atoms with Crippen LogP contribution >= 0.6 is 0 Å². The smallest absolute Gasteiger partial charge is 0.377 e. The van der Waals surface area contributed by atoms with Gasteiger partial charge < -0.3 is 10.2 Å². The number of hydrogen-bond donors (Lipinski definition) is 2. The minimum absolute atomic E-state index is 0.0201. The minimum Gasteiger partial charge on any atom is -0.377 e. The third kappa shape index (κ3) is 6.48. The molecule has 4 rings (SSSR count). The molecule has 1 aliphatic rings. The summed E-state index contributed by atoms with van der Waals surface area (Å²) in [6.45, 7) is 5.27. The van der Waals surface area contributed by atoms with Gasteiger partial charge in [-0.2, -0.15) is 13.2 Å². The Bertz CT molecular complexity index is 1570. The van der Waals surface area contributed by atoms with Crippen molar-refractivity contribution in [3.63, 3.8) is 0 Å². The van der Waals surface area contributed by atoms with Crippen LogP contribution < -0.4 is 14.9 Å². The van der Waals surface area contributed by atoms with Crippen molar-refractivity contribution in [2.75, 3.05) is 24.3 Å². The molecule has 0 fully saturated rings. The van der Waals surface area contributed by atoms with E-state index >= 15 is 0 Å². The van der Waals surface area contributed by atoms with E-state index in [1.807, 2.05) is 0 Å². The molecule has 0 bridgehead atoms. The SMILES string of the molecule is CN(C)c1cc2c(cc1C(F)(F)F)NC(=O)CC(c1cccc(-c3cccc(S(=O)(=O)NC(C)(C)C)c3)c1)=N2. The molecule has 1 amide bonds. The molecular formula is C28H29F3N4O3S. The summed E-state index contributed by atoms with van der Waals surface area (Å²) < 4.78 is 69.4. The average Bonchev–Trinajstić information content (AvgIpc) is 2.99. The molecule has 0 aliphatic carbocycles. The molecule has 206 valence electrons. The van der Waals surface area contributed by atoms with Gasteiger partial charge in [-0.1, -0.05) is 30.3 Å². The van der Waals surface area contributed by atoms with Gasteiger partial charge in [0.15, 0.2) is 0 Å². The van der Waals surface area contributed by atoms with E-state index in [4.69, 9.17) is 0 Å². The molecule has 0 saturated carbocycles. The first-order valence-corrected chi connectivity index (χ1v) is 13.6. The van der Waals surface area contributed by atoms with E-state index in [2.05, 4.69) is 15.0 Å². The van der Waals surface area contributed by atoms with Crippen LogP contribution in [0.15, 0.2) is 70.6 Å². The van der Waals surface area contributed by atoms with Crippen LogP contribution in [0, 0.1) is 0 Å². The van der Waals surface area contributed by atoms with Crippen molar-refractivity contribution < 1.29 is 26.4 Å². The van der Waals surface area contributed by atoms with E-state index < -0.39 is 33.2 Å². The van der Waals surface area contributed by atoms with Crippen molar-refractivity contribution >= 4 is 38.7 Å². The van der Waals surface area contributed by atoms with Crippen molar-refractivity contribution in [3.05, 3.63) is 71.8 Å². The zero-order valence-electron chi connectivity index (χ0n) is 22.1. The molecule has 1 heterocycles. The molecular weight excluding hydrogens is 529 g/mol. The number of amides is 1. The molecule has 1 aliphatic heterocycles. The standard InChI is InChI=1S/C28H29F3N4O3S/c1-27(2,3)34-39(37,38)20-11-7-9-18(13-20)17-8-6-10-19(12-17)22-16-26(36)33-23-14-21(28(29,30)31)25(35(4)5)15-24(23)32-22/h6-15,34H,16H2,1-5H3,(H,33,36). The lowest BCUT2D eigenvalue weighted by atomic mass is 9.99. The second-order valence-corrected chi connectivity index (χ2v) is 12.2. The fourth-order valence-corrected chi connectivity index (χ4v) is 5.71. The highest BCUT2D eigenvalue weighted by molar-refractivity contribution is 7.89. The summed E-state index contributed by atoms with van der Waals surface area (Å²) in [5, 5.41) is 2.54. The molecule has 39 heavy (non-hydrogen) atoms.